The largest absolute Gasteiger partial charge is 0.347 e. The van der Waals surface area contributed by atoms with E-state index in [2.05, 4.69) is 20.6 Å². The Labute approximate surface area is 144 Å². The summed E-state index contributed by atoms with van der Waals surface area (Å²) in [5.41, 5.74) is 0.897. The average molecular weight is 367 g/mol. The van der Waals surface area contributed by atoms with Gasteiger partial charge in [0.05, 0.1) is 11.5 Å². The van der Waals surface area contributed by atoms with Crippen LogP contribution in [-0.4, -0.2) is 41.8 Å². The lowest BCUT2D eigenvalue weighted by molar-refractivity contribution is 0.0936. The number of hydrogen-bond donors (Lipinski definition) is 2. The summed E-state index contributed by atoms with van der Waals surface area (Å²) in [7, 11) is -3.05. The van der Waals surface area contributed by atoms with Gasteiger partial charge >= 0.3 is 0 Å². The molecule has 0 bridgehead atoms. The van der Waals surface area contributed by atoms with Crippen molar-refractivity contribution >= 4 is 38.9 Å². The SMILES string of the molecule is O=C(NC1CCS(=O)(=O)C1)c1cc(Nc2cccc(Cl)c2)ncn1. The van der Waals surface area contributed by atoms with E-state index in [1.807, 2.05) is 6.07 Å². The molecule has 1 aromatic carbocycles. The zero-order chi connectivity index (χ0) is 17.2. The molecule has 1 atom stereocenters. The van der Waals surface area contributed by atoms with Crippen LogP contribution >= 0.6 is 11.6 Å². The summed E-state index contributed by atoms with van der Waals surface area (Å²) in [6.45, 7) is 0. The summed E-state index contributed by atoms with van der Waals surface area (Å²) in [6, 6.07) is 8.21. The Morgan fingerprint density at radius 1 is 1.25 bits per heavy atom. The molecule has 1 aromatic heterocycles. The summed E-state index contributed by atoms with van der Waals surface area (Å²) >= 11 is 5.93. The summed E-state index contributed by atoms with van der Waals surface area (Å²) in [5.74, 6) is 0.0888. The van der Waals surface area contributed by atoms with Crippen molar-refractivity contribution in [1.29, 1.82) is 0 Å². The Morgan fingerprint density at radius 2 is 2.08 bits per heavy atom. The lowest BCUT2D eigenvalue weighted by Crippen LogP contribution is -2.36. The molecule has 1 fully saturated rings. The molecule has 9 heteroatoms. The van der Waals surface area contributed by atoms with Crippen molar-refractivity contribution in [1.82, 2.24) is 15.3 Å². The second kappa shape index (κ2) is 6.74. The van der Waals surface area contributed by atoms with Crippen molar-refractivity contribution in [2.24, 2.45) is 0 Å². The van der Waals surface area contributed by atoms with Crippen LogP contribution in [-0.2, 0) is 9.84 Å². The molecule has 0 saturated carbocycles. The number of anilines is 2. The van der Waals surface area contributed by atoms with Crippen LogP contribution in [0, 0.1) is 0 Å². The molecule has 0 spiro atoms. The van der Waals surface area contributed by atoms with E-state index in [0.717, 1.165) is 5.69 Å². The van der Waals surface area contributed by atoms with Crippen molar-refractivity contribution in [3.8, 4) is 0 Å². The summed E-state index contributed by atoms with van der Waals surface area (Å²) in [5, 5.41) is 6.31. The van der Waals surface area contributed by atoms with E-state index >= 15 is 0 Å². The van der Waals surface area contributed by atoms with Gasteiger partial charge < -0.3 is 10.6 Å². The minimum atomic E-state index is -3.05. The molecule has 2 heterocycles. The topological polar surface area (TPSA) is 101 Å². The lowest BCUT2D eigenvalue weighted by Gasteiger charge is -2.11. The molecule has 1 saturated heterocycles. The molecular weight excluding hydrogens is 352 g/mol. The first-order valence-corrected chi connectivity index (χ1v) is 9.47. The number of aromatic nitrogens is 2. The Morgan fingerprint density at radius 3 is 2.79 bits per heavy atom. The normalized spacial score (nSPS) is 19.0. The van der Waals surface area contributed by atoms with Crippen molar-refractivity contribution in [2.75, 3.05) is 16.8 Å². The number of amides is 1. The van der Waals surface area contributed by atoms with E-state index in [4.69, 9.17) is 11.6 Å². The second-order valence-corrected chi connectivity index (χ2v) is 8.16. The highest BCUT2D eigenvalue weighted by atomic mass is 35.5. The zero-order valence-corrected chi connectivity index (χ0v) is 14.1. The number of halogens is 1. The average Bonchev–Trinajstić information content (AvgIpc) is 2.86. The van der Waals surface area contributed by atoms with Crippen LogP contribution in [0.25, 0.3) is 0 Å². The van der Waals surface area contributed by atoms with Crippen LogP contribution in [0.4, 0.5) is 11.5 Å². The van der Waals surface area contributed by atoms with Crippen LogP contribution in [0.2, 0.25) is 5.02 Å². The minimum Gasteiger partial charge on any atom is -0.347 e. The van der Waals surface area contributed by atoms with E-state index in [0.29, 0.717) is 17.3 Å². The van der Waals surface area contributed by atoms with Crippen molar-refractivity contribution in [3.63, 3.8) is 0 Å². The predicted molar refractivity (Wildman–Crippen MR) is 91.3 cm³/mol. The van der Waals surface area contributed by atoms with Gasteiger partial charge in [-0.05, 0) is 24.6 Å². The van der Waals surface area contributed by atoms with Gasteiger partial charge in [0.1, 0.15) is 17.8 Å². The van der Waals surface area contributed by atoms with Gasteiger partial charge in [-0.3, -0.25) is 4.79 Å². The van der Waals surface area contributed by atoms with Gasteiger partial charge in [-0.25, -0.2) is 18.4 Å². The first-order chi connectivity index (χ1) is 11.4. The Balaban J connectivity index is 1.69. The van der Waals surface area contributed by atoms with Crippen LogP contribution in [0.15, 0.2) is 36.7 Å². The van der Waals surface area contributed by atoms with E-state index in [1.165, 1.54) is 12.4 Å². The maximum atomic E-state index is 12.2. The van der Waals surface area contributed by atoms with Gasteiger partial charge in [-0.2, -0.15) is 0 Å². The van der Waals surface area contributed by atoms with Crippen LogP contribution < -0.4 is 10.6 Å². The molecule has 1 aliphatic heterocycles. The zero-order valence-electron chi connectivity index (χ0n) is 12.6. The first-order valence-electron chi connectivity index (χ1n) is 7.27. The summed E-state index contributed by atoms with van der Waals surface area (Å²) < 4.78 is 22.9. The van der Waals surface area contributed by atoms with Gasteiger partial charge in [-0.15, -0.1) is 0 Å². The monoisotopic (exact) mass is 366 g/mol. The van der Waals surface area contributed by atoms with Gasteiger partial charge in [-0.1, -0.05) is 17.7 Å². The number of carbonyl (C=O) groups excluding carboxylic acids is 1. The van der Waals surface area contributed by atoms with Crippen LogP contribution in [0.5, 0.6) is 0 Å². The fourth-order valence-corrected chi connectivity index (χ4v) is 4.30. The molecule has 24 heavy (non-hydrogen) atoms. The van der Waals surface area contributed by atoms with E-state index in [9.17, 15) is 13.2 Å². The smallest absolute Gasteiger partial charge is 0.270 e. The highest BCUT2D eigenvalue weighted by molar-refractivity contribution is 7.91. The molecule has 3 rings (SSSR count). The highest BCUT2D eigenvalue weighted by Gasteiger charge is 2.29. The van der Waals surface area contributed by atoms with E-state index in [1.54, 1.807) is 18.2 Å². The number of rotatable bonds is 4. The number of benzene rings is 1. The third-order valence-electron chi connectivity index (χ3n) is 3.56. The number of hydrogen-bond acceptors (Lipinski definition) is 6. The second-order valence-electron chi connectivity index (χ2n) is 5.50. The van der Waals surface area contributed by atoms with E-state index < -0.39 is 15.7 Å². The van der Waals surface area contributed by atoms with Gasteiger partial charge in [0.15, 0.2) is 9.84 Å². The van der Waals surface area contributed by atoms with Crippen molar-refractivity contribution in [2.45, 2.75) is 12.5 Å². The summed E-state index contributed by atoms with van der Waals surface area (Å²) in [4.78, 5) is 20.2. The first kappa shape index (κ1) is 16.7. The third-order valence-corrected chi connectivity index (χ3v) is 5.57. The highest BCUT2D eigenvalue weighted by Crippen LogP contribution is 2.19. The molecule has 1 aliphatic rings. The molecule has 1 unspecified atom stereocenters. The van der Waals surface area contributed by atoms with E-state index in [-0.39, 0.29) is 23.2 Å². The molecule has 0 radical (unpaired) electrons. The van der Waals surface area contributed by atoms with Gasteiger partial charge in [0.2, 0.25) is 0 Å². The molecule has 126 valence electrons. The quantitative estimate of drug-likeness (QED) is 0.855. The number of nitrogens with zero attached hydrogens (tertiary/aromatic N) is 2. The predicted octanol–water partition coefficient (Wildman–Crippen LogP) is 1.79. The Kier molecular flexibility index (Phi) is 4.68. The minimum absolute atomic E-state index is 0.0303. The lowest BCUT2D eigenvalue weighted by atomic mass is 10.2. The summed E-state index contributed by atoms with van der Waals surface area (Å²) in [6.07, 6.45) is 1.69. The van der Waals surface area contributed by atoms with Crippen molar-refractivity contribution in [3.05, 3.63) is 47.4 Å². The number of carbonyl (C=O) groups is 1. The van der Waals surface area contributed by atoms with Crippen LogP contribution in [0.3, 0.4) is 0 Å². The van der Waals surface area contributed by atoms with Crippen LogP contribution in [0.1, 0.15) is 16.9 Å². The standard InChI is InChI=1S/C15H15ClN4O3S/c16-10-2-1-3-11(6-10)19-14-7-13(17-9-18-14)15(21)20-12-4-5-24(22,23)8-12/h1-3,6-7,9,12H,4-5,8H2,(H,20,21)(H,17,18,19). The van der Waals surface area contributed by atoms with Crippen molar-refractivity contribution < 1.29 is 13.2 Å². The molecule has 2 aromatic rings. The maximum Gasteiger partial charge on any atom is 0.270 e. The molecular formula is C15H15ClN4O3S. The Bertz CT molecular complexity index is 873. The molecule has 2 N–H and O–H groups in total. The fourth-order valence-electron chi connectivity index (χ4n) is 2.43. The number of nitrogens with one attached hydrogen (secondary N) is 2. The maximum absolute atomic E-state index is 12.2. The number of sulfone groups is 1. The molecule has 7 nitrogen and oxygen atoms in total. The third kappa shape index (κ3) is 4.21. The fraction of sp³-hybridized carbons (Fsp3) is 0.267. The molecule has 1 amide bonds. The Hall–Kier alpha value is -2.19. The molecule has 0 aliphatic carbocycles. The van der Waals surface area contributed by atoms with Gasteiger partial charge in [0, 0.05) is 22.8 Å². The van der Waals surface area contributed by atoms with Gasteiger partial charge in [0.25, 0.3) is 5.91 Å².